The fourth-order valence-corrected chi connectivity index (χ4v) is 8.50. The molecular formula is C30H34N+. The summed E-state index contributed by atoms with van der Waals surface area (Å²) in [6.07, 6.45) is 15.0. The van der Waals surface area contributed by atoms with E-state index in [1.54, 1.807) is 16.7 Å². The van der Waals surface area contributed by atoms with Crippen LogP contribution in [0, 0.1) is 24.7 Å². The molecule has 158 valence electrons. The van der Waals surface area contributed by atoms with Gasteiger partial charge in [-0.2, -0.15) is 0 Å². The summed E-state index contributed by atoms with van der Waals surface area (Å²) in [5.41, 5.74) is 9.51. The predicted molar refractivity (Wildman–Crippen MR) is 127 cm³/mol. The third-order valence-corrected chi connectivity index (χ3v) is 9.48. The lowest BCUT2D eigenvalue weighted by Gasteiger charge is -2.57. The second-order valence-electron chi connectivity index (χ2n) is 11.6. The average molecular weight is 409 g/mol. The normalized spacial score (nSPS) is 30.8. The Morgan fingerprint density at radius 1 is 0.839 bits per heavy atom. The highest BCUT2D eigenvalue weighted by atomic mass is 14.9. The van der Waals surface area contributed by atoms with Crippen molar-refractivity contribution in [2.45, 2.75) is 70.1 Å². The van der Waals surface area contributed by atoms with Crippen molar-refractivity contribution in [1.29, 1.82) is 0 Å². The van der Waals surface area contributed by atoms with Gasteiger partial charge in [0, 0.05) is 11.6 Å². The molecule has 4 bridgehead atoms. The fraction of sp³-hybridized carbons (Fsp3) is 0.500. The summed E-state index contributed by atoms with van der Waals surface area (Å²) in [6, 6.07) is 14.9. The number of pyridine rings is 1. The van der Waals surface area contributed by atoms with E-state index in [-0.39, 0.29) is 0 Å². The minimum atomic E-state index is 0.477. The third kappa shape index (κ3) is 2.71. The molecular weight excluding hydrogens is 374 g/mol. The lowest BCUT2D eigenvalue weighted by molar-refractivity contribution is -0.659. The average Bonchev–Trinajstić information content (AvgIpc) is 3.19. The van der Waals surface area contributed by atoms with E-state index in [1.807, 2.05) is 0 Å². The number of benzene rings is 2. The van der Waals surface area contributed by atoms with Gasteiger partial charge in [0.1, 0.15) is 7.05 Å². The molecule has 0 N–H and O–H groups in total. The first-order valence-electron chi connectivity index (χ1n) is 12.6. The molecule has 1 nitrogen and oxygen atoms in total. The monoisotopic (exact) mass is 408 g/mol. The molecule has 0 saturated heterocycles. The van der Waals surface area contributed by atoms with E-state index in [0.717, 1.165) is 17.8 Å². The van der Waals surface area contributed by atoms with E-state index in [1.165, 1.54) is 85.4 Å². The SMILES string of the molecule is Cc1cc2c(cc1-c1c3ccc(C45CC6CC(CC(C6)C4)C5)cc3cc[n+]1C)CCC2. The van der Waals surface area contributed by atoms with Gasteiger partial charge in [0.05, 0.1) is 5.39 Å². The van der Waals surface area contributed by atoms with Crippen LogP contribution < -0.4 is 4.57 Å². The summed E-state index contributed by atoms with van der Waals surface area (Å²) in [5.74, 6) is 3.00. The Morgan fingerprint density at radius 2 is 1.52 bits per heavy atom. The number of hydrogen-bond donors (Lipinski definition) is 0. The second kappa shape index (κ2) is 6.44. The standard InChI is InChI=1S/C30H34N/c1-19-10-23-4-3-5-24(23)15-28(19)29-27-7-6-26(14-25(27)8-9-31(29)2)30-16-20-11-21(17-30)13-22(12-20)18-30/h6-10,14-15,20-22H,3-5,11-13,16-18H2,1-2H3/q+1. The van der Waals surface area contributed by atoms with Crippen molar-refractivity contribution in [2.75, 3.05) is 0 Å². The summed E-state index contributed by atoms with van der Waals surface area (Å²) in [6.45, 7) is 2.30. The molecule has 4 saturated carbocycles. The molecule has 31 heavy (non-hydrogen) atoms. The van der Waals surface area contributed by atoms with Crippen molar-refractivity contribution >= 4 is 10.8 Å². The number of rotatable bonds is 2. The maximum absolute atomic E-state index is 2.58. The summed E-state index contributed by atoms with van der Waals surface area (Å²) >= 11 is 0. The molecule has 0 unspecified atom stereocenters. The molecule has 4 fully saturated rings. The van der Waals surface area contributed by atoms with E-state index >= 15 is 0 Å². The molecule has 0 amide bonds. The van der Waals surface area contributed by atoms with Crippen molar-refractivity contribution in [3.63, 3.8) is 0 Å². The van der Waals surface area contributed by atoms with Gasteiger partial charge in [-0.25, -0.2) is 4.57 Å². The molecule has 2 aromatic carbocycles. The van der Waals surface area contributed by atoms with E-state index < -0.39 is 0 Å². The van der Waals surface area contributed by atoms with Crippen LogP contribution in [0.25, 0.3) is 22.0 Å². The topological polar surface area (TPSA) is 3.88 Å². The van der Waals surface area contributed by atoms with E-state index in [4.69, 9.17) is 0 Å². The highest BCUT2D eigenvalue weighted by molar-refractivity contribution is 5.94. The van der Waals surface area contributed by atoms with Crippen LogP contribution in [-0.4, -0.2) is 0 Å². The van der Waals surface area contributed by atoms with Gasteiger partial charge >= 0.3 is 0 Å². The first kappa shape index (κ1) is 18.4. The minimum absolute atomic E-state index is 0.477. The Labute approximate surface area is 186 Å². The molecule has 8 rings (SSSR count). The van der Waals surface area contributed by atoms with Crippen molar-refractivity contribution in [2.24, 2.45) is 24.8 Å². The molecule has 5 aliphatic carbocycles. The number of aryl methyl sites for hydroxylation is 4. The number of hydrogen-bond acceptors (Lipinski definition) is 0. The first-order valence-corrected chi connectivity index (χ1v) is 12.6. The van der Waals surface area contributed by atoms with Gasteiger partial charge in [0.2, 0.25) is 5.69 Å². The van der Waals surface area contributed by atoms with Gasteiger partial charge in [0.25, 0.3) is 0 Å². The Morgan fingerprint density at radius 3 is 2.23 bits per heavy atom. The van der Waals surface area contributed by atoms with Gasteiger partial charge in [-0.1, -0.05) is 18.2 Å². The van der Waals surface area contributed by atoms with Gasteiger partial charge in [0.15, 0.2) is 6.20 Å². The van der Waals surface area contributed by atoms with Gasteiger partial charge in [-0.05, 0) is 128 Å². The van der Waals surface area contributed by atoms with E-state index in [0.29, 0.717) is 5.41 Å². The van der Waals surface area contributed by atoms with Crippen LogP contribution in [-0.2, 0) is 25.3 Å². The Balaban J connectivity index is 1.37. The number of aromatic nitrogens is 1. The van der Waals surface area contributed by atoms with Crippen LogP contribution in [0.4, 0.5) is 0 Å². The van der Waals surface area contributed by atoms with Crippen LogP contribution in [0.2, 0.25) is 0 Å². The van der Waals surface area contributed by atoms with Crippen LogP contribution in [0.1, 0.15) is 67.2 Å². The highest BCUT2D eigenvalue weighted by Crippen LogP contribution is 2.60. The predicted octanol–water partition coefficient (Wildman–Crippen LogP) is 6.60. The van der Waals surface area contributed by atoms with Gasteiger partial charge in [-0.3, -0.25) is 0 Å². The molecule has 0 radical (unpaired) electrons. The maximum Gasteiger partial charge on any atom is 0.220 e. The molecule has 0 aliphatic heterocycles. The molecule has 1 aromatic heterocycles. The largest absolute Gasteiger partial charge is 0.220 e. The van der Waals surface area contributed by atoms with Crippen molar-refractivity contribution in [1.82, 2.24) is 0 Å². The molecule has 1 heteroatoms. The quantitative estimate of drug-likeness (QED) is 0.421. The summed E-state index contributed by atoms with van der Waals surface area (Å²) < 4.78 is 2.34. The molecule has 5 aliphatic rings. The third-order valence-electron chi connectivity index (χ3n) is 9.48. The van der Waals surface area contributed by atoms with Crippen molar-refractivity contribution < 1.29 is 4.57 Å². The zero-order valence-corrected chi connectivity index (χ0v) is 19.1. The van der Waals surface area contributed by atoms with Crippen LogP contribution in [0.15, 0.2) is 42.6 Å². The minimum Gasteiger partial charge on any atom is -0.200 e. The zero-order valence-electron chi connectivity index (χ0n) is 19.1. The Bertz CT molecular complexity index is 1180. The first-order chi connectivity index (χ1) is 15.1. The number of fused-ring (bicyclic) bond motifs is 2. The van der Waals surface area contributed by atoms with Crippen LogP contribution in [0.5, 0.6) is 0 Å². The molecule has 3 aromatic rings. The fourth-order valence-electron chi connectivity index (χ4n) is 8.50. The van der Waals surface area contributed by atoms with Gasteiger partial charge in [-0.15, -0.1) is 0 Å². The Kier molecular flexibility index (Phi) is 3.83. The van der Waals surface area contributed by atoms with E-state index in [9.17, 15) is 0 Å². The lowest BCUT2D eigenvalue weighted by atomic mass is 9.48. The lowest BCUT2D eigenvalue weighted by Crippen LogP contribution is -2.48. The number of nitrogens with zero attached hydrogens (tertiary/aromatic N) is 1. The van der Waals surface area contributed by atoms with Crippen LogP contribution >= 0.6 is 0 Å². The second-order valence-corrected chi connectivity index (χ2v) is 11.6. The van der Waals surface area contributed by atoms with Crippen molar-refractivity contribution in [3.8, 4) is 11.3 Å². The summed E-state index contributed by atoms with van der Waals surface area (Å²) in [4.78, 5) is 0. The smallest absolute Gasteiger partial charge is 0.200 e. The molecule has 1 heterocycles. The Hall–Kier alpha value is -2.15. The van der Waals surface area contributed by atoms with E-state index in [2.05, 4.69) is 61.1 Å². The van der Waals surface area contributed by atoms with Crippen LogP contribution in [0.3, 0.4) is 0 Å². The van der Waals surface area contributed by atoms with Crippen molar-refractivity contribution in [3.05, 3.63) is 64.8 Å². The van der Waals surface area contributed by atoms with Gasteiger partial charge < -0.3 is 0 Å². The summed E-state index contributed by atoms with van der Waals surface area (Å²) in [5, 5.41) is 2.85. The highest BCUT2D eigenvalue weighted by Gasteiger charge is 2.51. The zero-order chi connectivity index (χ0) is 20.7. The molecule has 0 spiro atoms. The molecule has 0 atom stereocenters. The summed E-state index contributed by atoms with van der Waals surface area (Å²) in [7, 11) is 2.22. The maximum atomic E-state index is 2.58.